The molecule has 184 valence electrons. The van der Waals surface area contributed by atoms with E-state index in [1.165, 1.54) is 12.1 Å². The standard InChI is InChI=1S/C14H22N6O2S.C9H8F2/c1-2-7-23-14-16-12(15)11-13(17-14)20(19-18-11)9-3-4-10(8-9)22-6-5-21;10-8-4-3-7(5-9(8)11)6-1-2-6/h9-10,21H,2-8H2,1H3,(H2,15,16,17);3-6H,1-2H2/t9-,10+;/m0./s1. The van der Waals surface area contributed by atoms with Gasteiger partial charge in [0.1, 0.15) is 0 Å². The second-order valence-electron chi connectivity index (χ2n) is 8.58. The highest BCUT2D eigenvalue weighted by molar-refractivity contribution is 7.99. The van der Waals surface area contributed by atoms with Gasteiger partial charge in [0, 0.05) is 5.75 Å². The Morgan fingerprint density at radius 2 is 2.00 bits per heavy atom. The van der Waals surface area contributed by atoms with E-state index < -0.39 is 11.6 Å². The molecule has 0 saturated heterocycles. The summed E-state index contributed by atoms with van der Waals surface area (Å²) >= 11 is 1.59. The van der Waals surface area contributed by atoms with Crippen LogP contribution in [0.5, 0.6) is 0 Å². The fourth-order valence-corrected chi connectivity index (χ4v) is 4.73. The van der Waals surface area contributed by atoms with Gasteiger partial charge in [0.05, 0.1) is 25.4 Å². The number of nitrogen functional groups attached to an aromatic ring is 1. The van der Waals surface area contributed by atoms with Gasteiger partial charge in [-0.2, -0.15) is 0 Å². The minimum Gasteiger partial charge on any atom is -0.394 e. The number of ether oxygens (including phenoxy) is 1. The molecular weight excluding hydrogens is 462 g/mol. The van der Waals surface area contributed by atoms with Crippen molar-refractivity contribution in [3.63, 3.8) is 0 Å². The van der Waals surface area contributed by atoms with E-state index in [9.17, 15) is 8.78 Å². The van der Waals surface area contributed by atoms with Crippen LogP contribution < -0.4 is 5.73 Å². The van der Waals surface area contributed by atoms with Crippen LogP contribution in [0.25, 0.3) is 11.2 Å². The Hall–Kier alpha value is -2.37. The van der Waals surface area contributed by atoms with Crippen LogP contribution in [-0.4, -0.2) is 55.1 Å². The molecule has 0 bridgehead atoms. The molecule has 0 radical (unpaired) electrons. The molecule has 2 saturated carbocycles. The number of aliphatic hydroxyl groups is 1. The van der Waals surface area contributed by atoms with Crippen LogP contribution in [0.4, 0.5) is 14.6 Å². The minimum absolute atomic E-state index is 0.0508. The molecule has 3 aromatic rings. The number of aromatic nitrogens is 5. The van der Waals surface area contributed by atoms with Crippen molar-refractivity contribution in [2.24, 2.45) is 0 Å². The van der Waals surface area contributed by atoms with Gasteiger partial charge < -0.3 is 15.6 Å². The number of thioether (sulfide) groups is 1. The molecule has 3 N–H and O–H groups in total. The third kappa shape index (κ3) is 6.00. The molecule has 1 aromatic carbocycles. The number of fused-ring (bicyclic) bond motifs is 1. The van der Waals surface area contributed by atoms with Gasteiger partial charge in [0.2, 0.25) is 0 Å². The highest BCUT2D eigenvalue weighted by atomic mass is 32.2. The Morgan fingerprint density at radius 3 is 2.71 bits per heavy atom. The molecule has 2 aliphatic carbocycles. The number of hydrogen-bond acceptors (Lipinski definition) is 8. The molecule has 8 nitrogen and oxygen atoms in total. The molecule has 0 spiro atoms. The second-order valence-corrected chi connectivity index (χ2v) is 9.64. The van der Waals surface area contributed by atoms with Gasteiger partial charge in [-0.1, -0.05) is 30.0 Å². The summed E-state index contributed by atoms with van der Waals surface area (Å²) in [7, 11) is 0. The maximum absolute atomic E-state index is 12.6. The van der Waals surface area contributed by atoms with Gasteiger partial charge in [-0.3, -0.25) is 0 Å². The average molecular weight is 493 g/mol. The largest absolute Gasteiger partial charge is 0.394 e. The van der Waals surface area contributed by atoms with Crippen molar-refractivity contribution >= 4 is 28.7 Å². The van der Waals surface area contributed by atoms with E-state index >= 15 is 0 Å². The lowest BCUT2D eigenvalue weighted by molar-refractivity contribution is 0.0309. The van der Waals surface area contributed by atoms with Crippen LogP contribution >= 0.6 is 11.8 Å². The zero-order chi connectivity index (χ0) is 24.1. The Labute approximate surface area is 201 Å². The van der Waals surface area contributed by atoms with Gasteiger partial charge in [0.25, 0.3) is 0 Å². The summed E-state index contributed by atoms with van der Waals surface area (Å²) in [5, 5.41) is 17.9. The summed E-state index contributed by atoms with van der Waals surface area (Å²) in [6.07, 6.45) is 6.19. The van der Waals surface area contributed by atoms with Gasteiger partial charge in [0.15, 0.2) is 33.8 Å². The predicted octanol–water partition coefficient (Wildman–Crippen LogP) is 4.25. The first-order chi connectivity index (χ1) is 16.5. The number of hydrogen-bond donors (Lipinski definition) is 2. The topological polar surface area (TPSA) is 112 Å². The summed E-state index contributed by atoms with van der Waals surface area (Å²) in [4.78, 5) is 8.89. The number of nitrogens with two attached hydrogens (primary N) is 1. The quantitative estimate of drug-likeness (QED) is 0.355. The monoisotopic (exact) mass is 492 g/mol. The first kappa shape index (κ1) is 24.7. The summed E-state index contributed by atoms with van der Waals surface area (Å²) in [6.45, 7) is 2.54. The smallest absolute Gasteiger partial charge is 0.191 e. The molecular formula is C23H30F2N6O2S. The zero-order valence-electron chi connectivity index (χ0n) is 19.2. The molecule has 2 atom stereocenters. The van der Waals surface area contributed by atoms with Crippen molar-refractivity contribution in [3.05, 3.63) is 35.4 Å². The Kier molecular flexibility index (Phi) is 8.28. The van der Waals surface area contributed by atoms with Crippen LogP contribution in [-0.2, 0) is 4.74 Å². The minimum atomic E-state index is -0.755. The van der Waals surface area contributed by atoms with Crippen LogP contribution in [0.1, 0.15) is 63.0 Å². The van der Waals surface area contributed by atoms with Crippen LogP contribution in [0.3, 0.4) is 0 Å². The van der Waals surface area contributed by atoms with Crippen molar-refractivity contribution in [1.29, 1.82) is 0 Å². The van der Waals surface area contributed by atoms with E-state index in [0.717, 1.165) is 49.8 Å². The van der Waals surface area contributed by atoms with E-state index in [1.54, 1.807) is 17.8 Å². The van der Waals surface area contributed by atoms with E-state index in [1.807, 2.05) is 4.68 Å². The number of anilines is 1. The predicted molar refractivity (Wildman–Crippen MR) is 127 cm³/mol. The van der Waals surface area contributed by atoms with Gasteiger partial charge in [-0.25, -0.2) is 23.4 Å². The summed E-state index contributed by atoms with van der Waals surface area (Å²) in [5.41, 5.74) is 8.19. The van der Waals surface area contributed by atoms with Gasteiger partial charge >= 0.3 is 0 Å². The molecule has 2 heterocycles. The molecule has 5 rings (SSSR count). The van der Waals surface area contributed by atoms with Crippen molar-refractivity contribution in [2.45, 2.75) is 68.7 Å². The maximum Gasteiger partial charge on any atom is 0.191 e. The van der Waals surface area contributed by atoms with Crippen molar-refractivity contribution < 1.29 is 18.6 Å². The first-order valence-corrected chi connectivity index (χ1v) is 12.7. The van der Waals surface area contributed by atoms with Crippen molar-refractivity contribution in [3.8, 4) is 0 Å². The fourth-order valence-electron chi connectivity index (χ4n) is 4.03. The third-order valence-electron chi connectivity index (χ3n) is 5.91. The number of benzene rings is 1. The Bertz CT molecular complexity index is 1110. The molecule has 34 heavy (non-hydrogen) atoms. The molecule has 0 aliphatic heterocycles. The van der Waals surface area contributed by atoms with Crippen LogP contribution in [0.15, 0.2) is 23.4 Å². The van der Waals surface area contributed by atoms with Gasteiger partial charge in [-0.15, -0.1) is 5.10 Å². The average Bonchev–Trinajstić information content (AvgIpc) is 3.42. The van der Waals surface area contributed by atoms with E-state index in [-0.39, 0.29) is 18.8 Å². The van der Waals surface area contributed by atoms with Crippen LogP contribution in [0.2, 0.25) is 0 Å². The summed E-state index contributed by atoms with van der Waals surface area (Å²) in [6, 6.07) is 4.36. The van der Waals surface area contributed by atoms with Crippen molar-refractivity contribution in [2.75, 3.05) is 24.7 Å². The Balaban J connectivity index is 0.000000207. The number of nitrogens with zero attached hydrogens (tertiary/aromatic N) is 5. The highest BCUT2D eigenvalue weighted by Crippen LogP contribution is 2.40. The lowest BCUT2D eigenvalue weighted by Crippen LogP contribution is -2.14. The van der Waals surface area contributed by atoms with E-state index in [0.29, 0.717) is 34.7 Å². The molecule has 2 aliphatic rings. The molecule has 2 aromatic heterocycles. The Morgan fingerprint density at radius 1 is 1.18 bits per heavy atom. The lowest BCUT2D eigenvalue weighted by atomic mass is 10.1. The SMILES string of the molecule is CCCSc1nc(N)c2nnn([C@H]3CC[C@@H](OCCO)C3)c2n1.Fc1ccc(C2CC2)cc1F. The third-order valence-corrected chi connectivity index (χ3v) is 6.96. The fraction of sp³-hybridized carbons (Fsp3) is 0.565. The van der Waals surface area contributed by atoms with Crippen LogP contribution in [0, 0.1) is 11.6 Å². The highest BCUT2D eigenvalue weighted by Gasteiger charge is 2.29. The lowest BCUT2D eigenvalue weighted by Gasteiger charge is -2.12. The van der Waals surface area contributed by atoms with E-state index in [4.69, 9.17) is 15.6 Å². The number of halogens is 2. The molecule has 11 heteroatoms. The van der Waals surface area contributed by atoms with Crippen molar-refractivity contribution in [1.82, 2.24) is 25.0 Å². The summed E-state index contributed by atoms with van der Waals surface area (Å²) in [5.74, 6) is 0.340. The normalized spacial score (nSPS) is 19.9. The zero-order valence-corrected chi connectivity index (χ0v) is 20.0. The number of rotatable bonds is 8. The van der Waals surface area contributed by atoms with Gasteiger partial charge in [-0.05, 0) is 62.1 Å². The second kappa shape index (κ2) is 11.4. The molecule has 0 unspecified atom stereocenters. The number of aliphatic hydroxyl groups excluding tert-OH is 1. The first-order valence-electron chi connectivity index (χ1n) is 11.7. The summed E-state index contributed by atoms with van der Waals surface area (Å²) < 4.78 is 32.5. The van der Waals surface area contributed by atoms with E-state index in [2.05, 4.69) is 27.2 Å². The molecule has 2 fully saturated rings. The maximum atomic E-state index is 12.6. The molecule has 0 amide bonds.